The SMILES string of the molecule is CCCNC(=O)C(C)N(Cc1c(Cl)cccc1Cl)C(=O)COc1ccc(C(C)(C)C)cc1. The third-order valence-electron chi connectivity index (χ3n) is 5.19. The summed E-state index contributed by atoms with van der Waals surface area (Å²) in [5, 5.41) is 3.72. The third-order valence-corrected chi connectivity index (χ3v) is 5.90. The Morgan fingerprint density at radius 1 is 1.06 bits per heavy atom. The molecule has 32 heavy (non-hydrogen) atoms. The Balaban J connectivity index is 2.18. The van der Waals surface area contributed by atoms with Gasteiger partial charge >= 0.3 is 0 Å². The van der Waals surface area contributed by atoms with E-state index in [1.807, 2.05) is 31.2 Å². The number of hydrogen-bond donors (Lipinski definition) is 1. The largest absolute Gasteiger partial charge is 0.484 e. The molecule has 0 fully saturated rings. The monoisotopic (exact) mass is 478 g/mol. The molecule has 1 N–H and O–H groups in total. The highest BCUT2D eigenvalue weighted by molar-refractivity contribution is 6.36. The van der Waals surface area contributed by atoms with Gasteiger partial charge in [-0.05, 0) is 48.6 Å². The normalized spacial score (nSPS) is 12.2. The quantitative estimate of drug-likeness (QED) is 0.509. The molecule has 1 atom stereocenters. The van der Waals surface area contributed by atoms with Gasteiger partial charge in [0.25, 0.3) is 5.91 Å². The zero-order valence-corrected chi connectivity index (χ0v) is 20.9. The molecule has 5 nitrogen and oxygen atoms in total. The lowest BCUT2D eigenvalue weighted by molar-refractivity contribution is -0.142. The molecule has 0 aliphatic heterocycles. The Morgan fingerprint density at radius 2 is 1.66 bits per heavy atom. The van der Waals surface area contributed by atoms with Crippen LogP contribution in [-0.2, 0) is 21.5 Å². The van der Waals surface area contributed by atoms with Crippen LogP contribution in [0.4, 0.5) is 0 Å². The first-order chi connectivity index (χ1) is 15.0. The van der Waals surface area contributed by atoms with Gasteiger partial charge in [0.1, 0.15) is 11.8 Å². The minimum atomic E-state index is -0.715. The van der Waals surface area contributed by atoms with Crippen LogP contribution in [0.3, 0.4) is 0 Å². The van der Waals surface area contributed by atoms with Gasteiger partial charge in [-0.15, -0.1) is 0 Å². The topological polar surface area (TPSA) is 58.6 Å². The van der Waals surface area contributed by atoms with E-state index in [9.17, 15) is 9.59 Å². The third kappa shape index (κ3) is 7.14. The van der Waals surface area contributed by atoms with Crippen molar-refractivity contribution in [1.82, 2.24) is 10.2 Å². The smallest absolute Gasteiger partial charge is 0.261 e. The van der Waals surface area contributed by atoms with Crippen LogP contribution in [0.5, 0.6) is 5.75 Å². The number of nitrogens with zero attached hydrogens (tertiary/aromatic N) is 1. The number of benzene rings is 2. The number of carbonyl (C=O) groups excluding carboxylic acids is 2. The van der Waals surface area contributed by atoms with Gasteiger partial charge in [-0.2, -0.15) is 0 Å². The second kappa shape index (κ2) is 11.6. The molecule has 0 aliphatic rings. The summed E-state index contributed by atoms with van der Waals surface area (Å²) in [5.74, 6) is 0.0168. The lowest BCUT2D eigenvalue weighted by Crippen LogP contribution is -2.49. The van der Waals surface area contributed by atoms with Crippen LogP contribution in [0.25, 0.3) is 0 Å². The Kier molecular flexibility index (Phi) is 9.41. The van der Waals surface area contributed by atoms with Crippen LogP contribution in [0.15, 0.2) is 42.5 Å². The highest BCUT2D eigenvalue weighted by Gasteiger charge is 2.27. The number of carbonyl (C=O) groups is 2. The predicted molar refractivity (Wildman–Crippen MR) is 130 cm³/mol. The molecule has 0 heterocycles. The molecule has 0 bridgehead atoms. The van der Waals surface area contributed by atoms with Gasteiger partial charge in [0.2, 0.25) is 5.91 Å². The molecule has 174 valence electrons. The minimum Gasteiger partial charge on any atom is -0.484 e. The summed E-state index contributed by atoms with van der Waals surface area (Å²) in [6, 6.07) is 12.1. The van der Waals surface area contributed by atoms with Gasteiger partial charge in [-0.25, -0.2) is 0 Å². The van der Waals surface area contributed by atoms with E-state index in [1.54, 1.807) is 25.1 Å². The van der Waals surface area contributed by atoms with Crippen molar-refractivity contribution in [2.24, 2.45) is 0 Å². The summed E-state index contributed by atoms with van der Waals surface area (Å²) in [7, 11) is 0. The fourth-order valence-corrected chi connectivity index (χ4v) is 3.63. The molecule has 7 heteroatoms. The molecule has 2 aromatic rings. The summed E-state index contributed by atoms with van der Waals surface area (Å²) < 4.78 is 5.74. The zero-order valence-electron chi connectivity index (χ0n) is 19.4. The standard InChI is InChI=1S/C25H32Cl2N2O3/c1-6-14-28-24(31)17(2)29(15-20-21(26)8-7-9-22(20)27)23(30)16-32-19-12-10-18(11-13-19)25(3,4)5/h7-13,17H,6,14-16H2,1-5H3,(H,28,31). The van der Waals surface area contributed by atoms with E-state index in [-0.39, 0.29) is 30.4 Å². The lowest BCUT2D eigenvalue weighted by Gasteiger charge is -2.29. The average molecular weight is 479 g/mol. The summed E-state index contributed by atoms with van der Waals surface area (Å²) in [4.78, 5) is 27.2. The maximum Gasteiger partial charge on any atom is 0.261 e. The van der Waals surface area contributed by atoms with E-state index < -0.39 is 6.04 Å². The van der Waals surface area contributed by atoms with Crippen molar-refractivity contribution >= 4 is 35.0 Å². The fourth-order valence-electron chi connectivity index (χ4n) is 3.11. The van der Waals surface area contributed by atoms with E-state index >= 15 is 0 Å². The first-order valence-corrected chi connectivity index (χ1v) is 11.5. The van der Waals surface area contributed by atoms with Crippen LogP contribution >= 0.6 is 23.2 Å². The molecule has 0 aromatic heterocycles. The fraction of sp³-hybridized carbons (Fsp3) is 0.440. The summed E-state index contributed by atoms with van der Waals surface area (Å²) in [6.45, 7) is 10.5. The van der Waals surface area contributed by atoms with Crippen LogP contribution in [0.2, 0.25) is 10.0 Å². The number of rotatable bonds is 9. The van der Waals surface area contributed by atoms with Crippen molar-refractivity contribution in [3.63, 3.8) is 0 Å². The Bertz CT molecular complexity index is 904. The first-order valence-electron chi connectivity index (χ1n) is 10.8. The van der Waals surface area contributed by atoms with Gasteiger partial charge in [0.05, 0.1) is 0 Å². The minimum absolute atomic E-state index is 0.0284. The second-order valence-corrected chi connectivity index (χ2v) is 9.57. The van der Waals surface area contributed by atoms with Gasteiger partial charge < -0.3 is 15.0 Å². The van der Waals surface area contributed by atoms with E-state index in [4.69, 9.17) is 27.9 Å². The highest BCUT2D eigenvalue weighted by Crippen LogP contribution is 2.27. The second-order valence-electron chi connectivity index (χ2n) is 8.75. The molecule has 2 amide bonds. The van der Waals surface area contributed by atoms with E-state index in [1.165, 1.54) is 10.5 Å². The van der Waals surface area contributed by atoms with Crippen molar-refractivity contribution in [2.45, 2.75) is 59.0 Å². The zero-order chi connectivity index (χ0) is 23.9. The molecule has 0 spiro atoms. The number of halogens is 2. The predicted octanol–water partition coefficient (Wildman–Crippen LogP) is 5.61. The van der Waals surface area contributed by atoms with E-state index in [0.717, 1.165) is 6.42 Å². The summed E-state index contributed by atoms with van der Waals surface area (Å²) in [5.41, 5.74) is 1.79. The molecular weight excluding hydrogens is 447 g/mol. The van der Waals surface area contributed by atoms with Crippen molar-refractivity contribution < 1.29 is 14.3 Å². The van der Waals surface area contributed by atoms with Gasteiger partial charge in [-0.1, -0.05) is 69.1 Å². The van der Waals surface area contributed by atoms with Crippen molar-refractivity contribution in [3.8, 4) is 5.75 Å². The molecule has 0 saturated carbocycles. The van der Waals surface area contributed by atoms with Gasteiger partial charge in [0.15, 0.2) is 6.61 Å². The maximum absolute atomic E-state index is 13.1. The van der Waals surface area contributed by atoms with Crippen LogP contribution in [0, 0.1) is 0 Å². The van der Waals surface area contributed by atoms with Crippen molar-refractivity contribution in [3.05, 3.63) is 63.6 Å². The Labute approximate surface area is 201 Å². The Morgan fingerprint density at radius 3 is 2.19 bits per heavy atom. The van der Waals surface area contributed by atoms with Gasteiger partial charge in [-0.3, -0.25) is 9.59 Å². The van der Waals surface area contributed by atoms with E-state index in [0.29, 0.717) is 27.9 Å². The maximum atomic E-state index is 13.1. The Hall–Kier alpha value is -2.24. The molecule has 2 aromatic carbocycles. The summed E-state index contributed by atoms with van der Waals surface area (Å²) >= 11 is 12.6. The number of amides is 2. The molecule has 0 radical (unpaired) electrons. The lowest BCUT2D eigenvalue weighted by atomic mass is 9.87. The van der Waals surface area contributed by atoms with Crippen LogP contribution < -0.4 is 10.1 Å². The average Bonchev–Trinajstić information content (AvgIpc) is 2.75. The molecular formula is C25H32Cl2N2O3. The number of hydrogen-bond acceptors (Lipinski definition) is 3. The summed E-state index contributed by atoms with van der Waals surface area (Å²) in [6.07, 6.45) is 0.802. The molecule has 0 aliphatic carbocycles. The van der Waals surface area contributed by atoms with Crippen molar-refractivity contribution in [2.75, 3.05) is 13.2 Å². The van der Waals surface area contributed by atoms with Crippen molar-refractivity contribution in [1.29, 1.82) is 0 Å². The number of ether oxygens (including phenoxy) is 1. The first kappa shape index (κ1) is 26.0. The van der Waals surface area contributed by atoms with E-state index in [2.05, 4.69) is 26.1 Å². The molecule has 0 saturated heterocycles. The number of nitrogens with one attached hydrogen (secondary N) is 1. The van der Waals surface area contributed by atoms with Crippen LogP contribution in [0.1, 0.15) is 52.2 Å². The highest BCUT2D eigenvalue weighted by atomic mass is 35.5. The molecule has 1 unspecified atom stereocenters. The van der Waals surface area contributed by atoms with Crippen LogP contribution in [-0.4, -0.2) is 35.9 Å². The van der Waals surface area contributed by atoms with Gasteiger partial charge in [0, 0.05) is 28.7 Å². The molecule has 2 rings (SSSR count).